The molecule has 0 bridgehead atoms. The second-order valence-electron chi connectivity index (χ2n) is 7.46. The van der Waals surface area contributed by atoms with Gasteiger partial charge in [0.2, 0.25) is 0 Å². The van der Waals surface area contributed by atoms with E-state index in [1.807, 2.05) is 38.1 Å². The molecule has 0 N–H and O–H groups in total. The fourth-order valence-corrected chi connectivity index (χ4v) is 4.19. The van der Waals surface area contributed by atoms with Crippen molar-refractivity contribution in [2.24, 2.45) is 0 Å². The number of hydrogen-bond donors (Lipinski definition) is 0. The third-order valence-electron chi connectivity index (χ3n) is 5.04. The van der Waals surface area contributed by atoms with Gasteiger partial charge in [0.15, 0.2) is 0 Å². The first-order valence-electron chi connectivity index (χ1n) is 10.1. The maximum absolute atomic E-state index is 12.7. The first-order chi connectivity index (χ1) is 15.8. The van der Waals surface area contributed by atoms with E-state index >= 15 is 0 Å². The molecular weight excluding hydrogens is 444 g/mol. The standard InChI is InChI=1S/C24H20N2O6S/c1-15-4-3-5-18(12-15)31-11-10-25-23(27)22(33-24(25)28)14-19-8-9-21(32-19)20-13-17(26(29)30)7-6-16(20)2/h3-9,12-14H,10-11H2,1-2H3/b22-14-. The van der Waals surface area contributed by atoms with Crippen molar-refractivity contribution in [3.05, 3.63) is 86.5 Å². The fourth-order valence-electron chi connectivity index (χ4n) is 3.35. The fraction of sp³-hybridized carbons (Fsp3) is 0.167. The number of rotatable bonds is 7. The van der Waals surface area contributed by atoms with Crippen LogP contribution >= 0.6 is 11.8 Å². The van der Waals surface area contributed by atoms with E-state index in [2.05, 4.69) is 0 Å². The predicted molar refractivity (Wildman–Crippen MR) is 125 cm³/mol. The van der Waals surface area contributed by atoms with Gasteiger partial charge in [-0.2, -0.15) is 0 Å². The van der Waals surface area contributed by atoms with Crippen molar-refractivity contribution in [3.8, 4) is 17.1 Å². The molecule has 9 heteroatoms. The zero-order chi connectivity index (χ0) is 23.5. The van der Waals surface area contributed by atoms with Crippen LogP contribution in [0.5, 0.6) is 5.75 Å². The molecule has 1 fully saturated rings. The van der Waals surface area contributed by atoms with E-state index in [-0.39, 0.29) is 29.0 Å². The number of ether oxygens (including phenoxy) is 1. The third-order valence-corrected chi connectivity index (χ3v) is 5.95. The van der Waals surface area contributed by atoms with Gasteiger partial charge in [0.25, 0.3) is 16.8 Å². The lowest BCUT2D eigenvalue weighted by Gasteiger charge is -2.13. The predicted octanol–water partition coefficient (Wildman–Crippen LogP) is 5.59. The molecule has 0 unspecified atom stereocenters. The first kappa shape index (κ1) is 22.3. The van der Waals surface area contributed by atoms with Crippen molar-refractivity contribution in [1.82, 2.24) is 4.90 Å². The van der Waals surface area contributed by atoms with E-state index in [1.54, 1.807) is 18.2 Å². The number of aryl methyl sites for hydroxylation is 2. The molecule has 1 aliphatic heterocycles. The van der Waals surface area contributed by atoms with Gasteiger partial charge in [-0.15, -0.1) is 0 Å². The quantitative estimate of drug-likeness (QED) is 0.255. The Hall–Kier alpha value is -3.85. The smallest absolute Gasteiger partial charge is 0.293 e. The number of furan rings is 1. The highest BCUT2D eigenvalue weighted by molar-refractivity contribution is 8.18. The molecule has 1 aromatic heterocycles. The molecule has 2 heterocycles. The molecule has 2 aromatic carbocycles. The van der Waals surface area contributed by atoms with Crippen LogP contribution < -0.4 is 4.74 Å². The highest BCUT2D eigenvalue weighted by Gasteiger charge is 2.35. The molecule has 1 saturated heterocycles. The molecule has 0 aliphatic carbocycles. The molecule has 2 amide bonds. The van der Waals surface area contributed by atoms with Gasteiger partial charge in [-0.3, -0.25) is 24.6 Å². The Morgan fingerprint density at radius 1 is 1.12 bits per heavy atom. The van der Waals surface area contributed by atoms with E-state index in [4.69, 9.17) is 9.15 Å². The van der Waals surface area contributed by atoms with Crippen molar-refractivity contribution >= 4 is 34.7 Å². The van der Waals surface area contributed by atoms with E-state index < -0.39 is 10.8 Å². The number of nitro benzene ring substituents is 1. The Morgan fingerprint density at radius 3 is 2.70 bits per heavy atom. The molecule has 33 heavy (non-hydrogen) atoms. The Balaban J connectivity index is 1.45. The van der Waals surface area contributed by atoms with E-state index in [0.29, 0.717) is 22.8 Å². The number of hydrogen-bond acceptors (Lipinski definition) is 7. The SMILES string of the molecule is Cc1cccc(OCCN2C(=O)S/C(=C\c3ccc(-c4cc([N+](=O)[O-])ccc4C)o3)C2=O)c1. The van der Waals surface area contributed by atoms with Crippen molar-refractivity contribution in [2.45, 2.75) is 13.8 Å². The Morgan fingerprint density at radius 2 is 1.94 bits per heavy atom. The van der Waals surface area contributed by atoms with Gasteiger partial charge in [-0.1, -0.05) is 18.2 Å². The van der Waals surface area contributed by atoms with Gasteiger partial charge in [0.05, 0.1) is 16.4 Å². The van der Waals surface area contributed by atoms with Crippen LogP contribution in [0.4, 0.5) is 10.5 Å². The van der Waals surface area contributed by atoms with Crippen LogP contribution in [-0.4, -0.2) is 34.1 Å². The zero-order valence-electron chi connectivity index (χ0n) is 17.9. The van der Waals surface area contributed by atoms with Crippen LogP contribution in [0.15, 0.2) is 63.9 Å². The topological polar surface area (TPSA) is 103 Å². The van der Waals surface area contributed by atoms with Gasteiger partial charge in [0.1, 0.15) is 23.9 Å². The lowest BCUT2D eigenvalue weighted by atomic mass is 10.1. The second-order valence-corrected chi connectivity index (χ2v) is 8.45. The van der Waals surface area contributed by atoms with Crippen molar-refractivity contribution < 1.29 is 23.7 Å². The molecule has 0 spiro atoms. The minimum absolute atomic E-state index is 0.0393. The Kier molecular flexibility index (Phi) is 6.32. The highest BCUT2D eigenvalue weighted by atomic mass is 32.2. The minimum Gasteiger partial charge on any atom is -0.492 e. The molecule has 168 valence electrons. The number of nitrogens with zero attached hydrogens (tertiary/aromatic N) is 2. The van der Waals surface area contributed by atoms with Gasteiger partial charge in [-0.25, -0.2) is 0 Å². The zero-order valence-corrected chi connectivity index (χ0v) is 18.8. The molecular formula is C24H20N2O6S. The van der Waals surface area contributed by atoms with Crippen LogP contribution in [0, 0.1) is 24.0 Å². The average Bonchev–Trinajstić information content (AvgIpc) is 3.34. The maximum Gasteiger partial charge on any atom is 0.293 e. The largest absolute Gasteiger partial charge is 0.492 e. The van der Waals surface area contributed by atoms with Crippen LogP contribution in [0.25, 0.3) is 17.4 Å². The number of imide groups is 1. The summed E-state index contributed by atoms with van der Waals surface area (Å²) in [6.07, 6.45) is 1.50. The lowest BCUT2D eigenvalue weighted by molar-refractivity contribution is -0.384. The summed E-state index contributed by atoms with van der Waals surface area (Å²) in [4.78, 5) is 37.0. The minimum atomic E-state index is -0.467. The number of non-ortho nitro benzene ring substituents is 1. The molecule has 0 saturated carbocycles. The molecule has 3 aromatic rings. The van der Waals surface area contributed by atoms with Gasteiger partial charge >= 0.3 is 0 Å². The summed E-state index contributed by atoms with van der Waals surface area (Å²) < 4.78 is 11.4. The summed E-state index contributed by atoms with van der Waals surface area (Å²) in [5.74, 6) is 1.07. The Bertz CT molecular complexity index is 1280. The molecule has 1 aliphatic rings. The summed E-state index contributed by atoms with van der Waals surface area (Å²) >= 11 is 0.834. The highest BCUT2D eigenvalue weighted by Crippen LogP contribution is 2.34. The molecule has 8 nitrogen and oxygen atoms in total. The van der Waals surface area contributed by atoms with Crippen molar-refractivity contribution in [2.75, 3.05) is 13.2 Å². The lowest BCUT2D eigenvalue weighted by Crippen LogP contribution is -2.32. The summed E-state index contributed by atoms with van der Waals surface area (Å²) in [5.41, 5.74) is 2.42. The van der Waals surface area contributed by atoms with Crippen molar-refractivity contribution in [3.63, 3.8) is 0 Å². The number of amides is 2. The first-order valence-corrected chi connectivity index (χ1v) is 10.9. The van der Waals surface area contributed by atoms with Gasteiger partial charge < -0.3 is 9.15 Å². The number of benzene rings is 2. The normalized spacial score (nSPS) is 14.8. The number of nitro groups is 1. The number of carbonyl (C=O) groups excluding carboxylic acids is 2. The maximum atomic E-state index is 12.7. The summed E-state index contributed by atoms with van der Waals surface area (Å²) in [7, 11) is 0. The molecule has 4 rings (SSSR count). The number of thioether (sulfide) groups is 1. The molecule has 0 radical (unpaired) electrons. The van der Waals surface area contributed by atoms with Crippen LogP contribution in [0.1, 0.15) is 16.9 Å². The van der Waals surface area contributed by atoms with Gasteiger partial charge in [0, 0.05) is 23.8 Å². The summed E-state index contributed by atoms with van der Waals surface area (Å²) in [6.45, 7) is 4.10. The average molecular weight is 464 g/mol. The Labute approximate surface area is 194 Å². The van der Waals surface area contributed by atoms with E-state index in [0.717, 1.165) is 27.8 Å². The van der Waals surface area contributed by atoms with Crippen LogP contribution in [0.2, 0.25) is 0 Å². The van der Waals surface area contributed by atoms with Crippen molar-refractivity contribution in [1.29, 1.82) is 0 Å². The van der Waals surface area contributed by atoms with E-state index in [1.165, 1.54) is 18.2 Å². The summed E-state index contributed by atoms with van der Waals surface area (Å²) in [5, 5.41) is 10.7. The third kappa shape index (κ3) is 4.98. The van der Waals surface area contributed by atoms with Gasteiger partial charge in [-0.05, 0) is 61.0 Å². The van der Waals surface area contributed by atoms with Crippen LogP contribution in [0.3, 0.4) is 0 Å². The van der Waals surface area contributed by atoms with E-state index in [9.17, 15) is 19.7 Å². The monoisotopic (exact) mass is 464 g/mol. The number of carbonyl (C=O) groups is 2. The summed E-state index contributed by atoms with van der Waals surface area (Å²) in [6, 6.07) is 15.4. The molecule has 0 atom stereocenters. The second kappa shape index (κ2) is 9.33. The van der Waals surface area contributed by atoms with Crippen LogP contribution in [-0.2, 0) is 4.79 Å².